The summed E-state index contributed by atoms with van der Waals surface area (Å²) in [5.41, 5.74) is 1.12. The molecule has 7 heteroatoms. The van der Waals surface area contributed by atoms with Crippen molar-refractivity contribution >= 4 is 28.3 Å². The number of thiazole rings is 1. The van der Waals surface area contributed by atoms with Crippen molar-refractivity contribution in [3.8, 4) is 0 Å². The number of hydrogen-bond donors (Lipinski definition) is 1. The predicted molar refractivity (Wildman–Crippen MR) is 83.2 cm³/mol. The minimum absolute atomic E-state index is 0.215. The Morgan fingerprint density at radius 2 is 2.00 bits per heavy atom. The van der Waals surface area contributed by atoms with Crippen LogP contribution in [0.15, 0.2) is 49.1 Å². The maximum Gasteiger partial charge on any atom is 0.275 e. The minimum Gasteiger partial charge on any atom is -0.298 e. The molecule has 0 aliphatic heterocycles. The van der Waals surface area contributed by atoms with Gasteiger partial charge in [0, 0.05) is 18.0 Å². The molecule has 0 aliphatic rings. The molecule has 0 bridgehead atoms. The van der Waals surface area contributed by atoms with Crippen LogP contribution < -0.4 is 5.32 Å². The molecule has 1 amide bonds. The number of anilines is 1. The summed E-state index contributed by atoms with van der Waals surface area (Å²) in [6, 6.07) is 8.85. The number of aromatic nitrogens is 3. The fourth-order valence-electron chi connectivity index (χ4n) is 1.90. The van der Waals surface area contributed by atoms with Crippen LogP contribution in [0, 0.1) is 6.92 Å². The van der Waals surface area contributed by atoms with Gasteiger partial charge in [0.25, 0.3) is 11.8 Å². The van der Waals surface area contributed by atoms with Gasteiger partial charge in [-0.15, -0.1) is 0 Å². The Morgan fingerprint density at radius 3 is 2.68 bits per heavy atom. The highest BCUT2D eigenvalue weighted by Gasteiger charge is 2.18. The summed E-state index contributed by atoms with van der Waals surface area (Å²) >= 11 is 1.15. The molecule has 2 aromatic heterocycles. The fourth-order valence-corrected chi connectivity index (χ4v) is 2.81. The van der Waals surface area contributed by atoms with Crippen molar-refractivity contribution in [2.75, 3.05) is 5.32 Å². The normalized spacial score (nSPS) is 10.4. The number of benzene rings is 1. The van der Waals surface area contributed by atoms with Gasteiger partial charge in [0.2, 0.25) is 0 Å². The summed E-state index contributed by atoms with van der Waals surface area (Å²) < 4.78 is 1.38. The Hall–Kier alpha value is -2.80. The summed E-state index contributed by atoms with van der Waals surface area (Å²) in [5.74, 6) is -0.469. The molecule has 0 saturated carbocycles. The molecule has 0 aliphatic carbocycles. The molecular formula is C15H12N4O2S. The molecule has 6 nitrogen and oxygen atoms in total. The van der Waals surface area contributed by atoms with E-state index >= 15 is 0 Å². The van der Waals surface area contributed by atoms with Gasteiger partial charge in [-0.3, -0.25) is 19.5 Å². The minimum atomic E-state index is -0.254. The van der Waals surface area contributed by atoms with E-state index in [0.29, 0.717) is 21.3 Å². The molecule has 0 unspecified atom stereocenters. The second kappa shape index (κ2) is 5.90. The Bertz CT molecular complexity index is 809. The van der Waals surface area contributed by atoms with Crippen LogP contribution in [0.1, 0.15) is 25.7 Å². The van der Waals surface area contributed by atoms with E-state index in [1.807, 2.05) is 6.07 Å². The molecule has 0 fully saturated rings. The van der Waals surface area contributed by atoms with Crippen LogP contribution in [-0.4, -0.2) is 26.3 Å². The quantitative estimate of drug-likeness (QED) is 0.806. The van der Waals surface area contributed by atoms with Crippen molar-refractivity contribution in [2.24, 2.45) is 0 Å². The largest absolute Gasteiger partial charge is 0.298 e. The third-order valence-corrected chi connectivity index (χ3v) is 4.05. The summed E-state index contributed by atoms with van der Waals surface area (Å²) in [6.07, 6.45) is 4.54. The number of hydrogen-bond acceptors (Lipinski definition) is 5. The van der Waals surface area contributed by atoms with Crippen molar-refractivity contribution in [3.05, 3.63) is 65.2 Å². The van der Waals surface area contributed by atoms with E-state index in [1.54, 1.807) is 37.4 Å². The van der Waals surface area contributed by atoms with E-state index in [4.69, 9.17) is 0 Å². The highest BCUT2D eigenvalue weighted by molar-refractivity contribution is 7.17. The average Bonchev–Trinajstić information content (AvgIpc) is 3.17. The molecule has 2 heterocycles. The van der Waals surface area contributed by atoms with Crippen LogP contribution in [0.2, 0.25) is 0 Å². The number of aryl methyl sites for hydroxylation is 1. The summed E-state index contributed by atoms with van der Waals surface area (Å²) in [5, 5.41) is 3.11. The molecule has 1 N–H and O–H groups in total. The maximum atomic E-state index is 12.3. The van der Waals surface area contributed by atoms with Gasteiger partial charge in [-0.05, 0) is 19.1 Å². The standard InChI is InChI=1S/C15H12N4O2S/c1-10-12(14(21)19-8-7-16-9-19)22-15(17-10)18-13(20)11-5-3-2-4-6-11/h2-9H,1H3,(H,17,18,20). The molecule has 0 saturated heterocycles. The van der Waals surface area contributed by atoms with Crippen molar-refractivity contribution < 1.29 is 9.59 Å². The smallest absolute Gasteiger partial charge is 0.275 e. The summed E-state index contributed by atoms with van der Waals surface area (Å²) in [6.45, 7) is 1.73. The maximum absolute atomic E-state index is 12.3. The molecule has 3 aromatic rings. The molecule has 0 spiro atoms. The van der Waals surface area contributed by atoms with E-state index < -0.39 is 0 Å². The Labute approximate surface area is 130 Å². The van der Waals surface area contributed by atoms with Crippen LogP contribution in [-0.2, 0) is 0 Å². The zero-order valence-electron chi connectivity index (χ0n) is 11.7. The molecule has 22 heavy (non-hydrogen) atoms. The molecule has 3 rings (SSSR count). The highest BCUT2D eigenvalue weighted by Crippen LogP contribution is 2.24. The molecule has 0 radical (unpaired) electrons. The fraction of sp³-hybridized carbons (Fsp3) is 0.0667. The highest BCUT2D eigenvalue weighted by atomic mass is 32.1. The van der Waals surface area contributed by atoms with Gasteiger partial charge in [0.1, 0.15) is 11.2 Å². The lowest BCUT2D eigenvalue weighted by Gasteiger charge is -2.00. The van der Waals surface area contributed by atoms with Crippen molar-refractivity contribution in [1.82, 2.24) is 14.5 Å². The lowest BCUT2D eigenvalue weighted by molar-refractivity contribution is 0.0962. The van der Waals surface area contributed by atoms with Crippen molar-refractivity contribution in [1.29, 1.82) is 0 Å². The number of nitrogens with zero attached hydrogens (tertiary/aromatic N) is 3. The monoisotopic (exact) mass is 312 g/mol. The molecule has 1 aromatic carbocycles. The van der Waals surface area contributed by atoms with Crippen LogP contribution in [0.5, 0.6) is 0 Å². The van der Waals surface area contributed by atoms with E-state index in [0.717, 1.165) is 11.3 Å². The van der Waals surface area contributed by atoms with Gasteiger partial charge in [0.15, 0.2) is 5.13 Å². The molecule has 110 valence electrons. The lowest BCUT2D eigenvalue weighted by Crippen LogP contribution is -2.11. The second-order valence-corrected chi connectivity index (χ2v) is 5.53. The number of carbonyl (C=O) groups excluding carboxylic acids is 2. The van der Waals surface area contributed by atoms with Crippen LogP contribution in [0.4, 0.5) is 5.13 Å². The van der Waals surface area contributed by atoms with Gasteiger partial charge >= 0.3 is 0 Å². The number of carbonyl (C=O) groups is 2. The van der Waals surface area contributed by atoms with Crippen molar-refractivity contribution in [3.63, 3.8) is 0 Å². The van der Waals surface area contributed by atoms with Gasteiger partial charge in [-0.2, -0.15) is 0 Å². The van der Waals surface area contributed by atoms with Crippen molar-refractivity contribution in [2.45, 2.75) is 6.92 Å². The number of amides is 1. The van der Waals surface area contributed by atoms with Gasteiger partial charge in [-0.25, -0.2) is 9.97 Å². The zero-order chi connectivity index (χ0) is 15.5. The van der Waals surface area contributed by atoms with E-state index in [-0.39, 0.29) is 11.8 Å². The van der Waals surface area contributed by atoms with E-state index in [9.17, 15) is 9.59 Å². The molecule has 0 atom stereocenters. The topological polar surface area (TPSA) is 76.9 Å². The Morgan fingerprint density at radius 1 is 1.23 bits per heavy atom. The van der Waals surface area contributed by atoms with Crippen LogP contribution in [0.3, 0.4) is 0 Å². The third kappa shape index (κ3) is 2.79. The summed E-state index contributed by atoms with van der Waals surface area (Å²) in [4.78, 5) is 32.9. The van der Waals surface area contributed by atoms with Crippen LogP contribution in [0.25, 0.3) is 0 Å². The number of imidazole rings is 1. The first-order valence-electron chi connectivity index (χ1n) is 6.51. The lowest BCUT2D eigenvalue weighted by atomic mass is 10.2. The first-order valence-corrected chi connectivity index (χ1v) is 7.33. The second-order valence-electron chi connectivity index (χ2n) is 4.53. The summed E-state index contributed by atoms with van der Waals surface area (Å²) in [7, 11) is 0. The Kier molecular flexibility index (Phi) is 3.80. The van der Waals surface area contributed by atoms with Crippen LogP contribution >= 0.6 is 11.3 Å². The molecular weight excluding hydrogens is 300 g/mol. The Balaban J connectivity index is 1.81. The van der Waals surface area contributed by atoms with Gasteiger partial charge in [0.05, 0.1) is 5.69 Å². The number of rotatable bonds is 3. The number of nitrogens with one attached hydrogen (secondary N) is 1. The van der Waals surface area contributed by atoms with E-state index in [2.05, 4.69) is 15.3 Å². The van der Waals surface area contributed by atoms with E-state index in [1.165, 1.54) is 17.1 Å². The predicted octanol–water partition coefficient (Wildman–Crippen LogP) is 2.59. The van der Waals surface area contributed by atoms with Gasteiger partial charge in [-0.1, -0.05) is 29.5 Å². The van der Waals surface area contributed by atoms with Gasteiger partial charge < -0.3 is 0 Å². The zero-order valence-corrected chi connectivity index (χ0v) is 12.5. The first-order chi connectivity index (χ1) is 10.6. The first kappa shape index (κ1) is 14.2. The SMILES string of the molecule is Cc1nc(NC(=O)c2ccccc2)sc1C(=O)n1ccnc1. The third-order valence-electron chi connectivity index (χ3n) is 2.99. The average molecular weight is 312 g/mol.